The minimum Gasteiger partial charge on any atom is -0.478 e. The number of hydrogen-bond donors (Lipinski definition) is 3. The van der Waals surface area contributed by atoms with E-state index in [0.717, 1.165) is 24.0 Å². The zero-order valence-corrected chi connectivity index (χ0v) is 20.5. The quantitative estimate of drug-likeness (QED) is 0.478. The van der Waals surface area contributed by atoms with Crippen LogP contribution >= 0.6 is 0 Å². The van der Waals surface area contributed by atoms with E-state index in [4.69, 9.17) is 4.74 Å². The molecule has 0 saturated carbocycles. The van der Waals surface area contributed by atoms with E-state index in [0.29, 0.717) is 18.5 Å². The number of rotatable bonds is 10. The molecule has 6 nitrogen and oxygen atoms in total. The van der Waals surface area contributed by atoms with Gasteiger partial charge in [-0.05, 0) is 54.5 Å². The van der Waals surface area contributed by atoms with Crippen LogP contribution in [0.15, 0.2) is 60.2 Å². The molecule has 1 aliphatic carbocycles. The highest BCUT2D eigenvalue weighted by atomic mass is 16.5. The van der Waals surface area contributed by atoms with Crippen LogP contribution < -0.4 is 10.6 Å². The van der Waals surface area contributed by atoms with Gasteiger partial charge in [0.2, 0.25) is 5.91 Å². The third kappa shape index (κ3) is 6.33. The van der Waals surface area contributed by atoms with Gasteiger partial charge in [0.15, 0.2) is 0 Å². The maximum atomic E-state index is 12.0. The van der Waals surface area contributed by atoms with Gasteiger partial charge in [-0.25, -0.2) is 4.79 Å². The zero-order chi connectivity index (χ0) is 24.7. The molecule has 0 heterocycles. The van der Waals surface area contributed by atoms with Crippen molar-refractivity contribution in [2.24, 2.45) is 0 Å². The molecule has 34 heavy (non-hydrogen) atoms. The summed E-state index contributed by atoms with van der Waals surface area (Å²) >= 11 is 0. The van der Waals surface area contributed by atoms with E-state index < -0.39 is 12.1 Å². The van der Waals surface area contributed by atoms with Crippen LogP contribution in [0.2, 0.25) is 0 Å². The molecule has 3 rings (SSSR count). The maximum Gasteiger partial charge on any atom is 0.331 e. The first-order valence-corrected chi connectivity index (χ1v) is 12.1. The molecule has 6 heteroatoms. The van der Waals surface area contributed by atoms with Gasteiger partial charge in [-0.3, -0.25) is 4.79 Å². The first kappa shape index (κ1) is 25.7. The molecular weight excluding hydrogens is 428 g/mol. The average Bonchev–Trinajstić information content (AvgIpc) is 2.83. The Hall–Kier alpha value is -2.96. The van der Waals surface area contributed by atoms with Crippen molar-refractivity contribution in [2.75, 3.05) is 0 Å². The van der Waals surface area contributed by atoms with Crippen LogP contribution in [0.4, 0.5) is 0 Å². The van der Waals surface area contributed by atoms with Crippen molar-refractivity contribution in [2.45, 2.75) is 77.8 Å². The summed E-state index contributed by atoms with van der Waals surface area (Å²) in [6, 6.07) is 15.8. The molecule has 0 unspecified atom stereocenters. The Balaban J connectivity index is 1.86. The summed E-state index contributed by atoms with van der Waals surface area (Å²) < 4.78 is 6.27. The highest BCUT2D eigenvalue weighted by molar-refractivity contribution is 5.87. The number of carbonyl (C=O) groups is 2. The Morgan fingerprint density at radius 3 is 2.41 bits per heavy atom. The fourth-order valence-electron chi connectivity index (χ4n) is 4.61. The standard InChI is InChI=1S/C28H36N2O4/c1-5-23(6-2)34-26-16-22(28(32)33)15-25(27(26)30-19(4)31)29-17-21-13-10-14-24(18(21)3)20-11-8-7-9-12-20/h7-14,16,23,25-27,29H,5-6,15,17H2,1-4H3,(H,30,31)(H,32,33)/t25-,26+,27+/m0/s1. The summed E-state index contributed by atoms with van der Waals surface area (Å²) in [5.41, 5.74) is 4.94. The predicted octanol–water partition coefficient (Wildman–Crippen LogP) is 4.61. The van der Waals surface area contributed by atoms with E-state index >= 15 is 0 Å². The highest BCUT2D eigenvalue weighted by Crippen LogP contribution is 2.27. The molecule has 0 saturated heterocycles. The number of benzene rings is 2. The van der Waals surface area contributed by atoms with Gasteiger partial charge >= 0.3 is 5.97 Å². The van der Waals surface area contributed by atoms with E-state index in [2.05, 4.69) is 41.8 Å². The smallest absolute Gasteiger partial charge is 0.331 e. The number of hydrogen-bond acceptors (Lipinski definition) is 4. The third-order valence-electron chi connectivity index (χ3n) is 6.58. The Kier molecular flexibility index (Phi) is 9.02. The third-order valence-corrected chi connectivity index (χ3v) is 6.58. The fourth-order valence-corrected chi connectivity index (χ4v) is 4.61. The number of carboxylic acids is 1. The molecule has 0 fully saturated rings. The van der Waals surface area contributed by atoms with Crippen molar-refractivity contribution < 1.29 is 19.4 Å². The van der Waals surface area contributed by atoms with Crippen molar-refractivity contribution in [3.8, 4) is 11.1 Å². The fraction of sp³-hybridized carbons (Fsp3) is 0.429. The first-order chi connectivity index (χ1) is 16.3. The lowest BCUT2D eigenvalue weighted by molar-refractivity contribution is -0.133. The number of carbonyl (C=O) groups excluding carboxylic acids is 1. The normalized spacial score (nSPS) is 20.1. The van der Waals surface area contributed by atoms with Gasteiger partial charge in [-0.2, -0.15) is 0 Å². The molecule has 3 N–H and O–H groups in total. The van der Waals surface area contributed by atoms with E-state index in [1.807, 2.05) is 38.1 Å². The van der Waals surface area contributed by atoms with Gasteiger partial charge in [-0.15, -0.1) is 0 Å². The van der Waals surface area contributed by atoms with Crippen LogP contribution in [0.3, 0.4) is 0 Å². The monoisotopic (exact) mass is 464 g/mol. The number of amides is 1. The van der Waals surface area contributed by atoms with E-state index in [-0.39, 0.29) is 24.1 Å². The molecule has 2 aromatic carbocycles. The Bertz CT molecular complexity index is 1010. The van der Waals surface area contributed by atoms with Crippen molar-refractivity contribution in [3.63, 3.8) is 0 Å². The van der Waals surface area contributed by atoms with Gasteiger partial charge in [0.05, 0.1) is 18.2 Å². The van der Waals surface area contributed by atoms with Gasteiger partial charge in [-0.1, -0.05) is 62.4 Å². The van der Waals surface area contributed by atoms with Gasteiger partial charge in [0.1, 0.15) is 0 Å². The van der Waals surface area contributed by atoms with Gasteiger partial charge in [0.25, 0.3) is 0 Å². The van der Waals surface area contributed by atoms with Crippen molar-refractivity contribution >= 4 is 11.9 Å². The van der Waals surface area contributed by atoms with Crippen LogP contribution in [-0.2, 0) is 20.9 Å². The molecule has 2 aromatic rings. The van der Waals surface area contributed by atoms with Crippen LogP contribution in [0.25, 0.3) is 11.1 Å². The summed E-state index contributed by atoms with van der Waals surface area (Å²) in [4.78, 5) is 23.9. The first-order valence-electron chi connectivity index (χ1n) is 12.1. The number of carboxylic acid groups (broad SMARTS) is 1. The lowest BCUT2D eigenvalue weighted by Crippen LogP contribution is -2.58. The number of aliphatic carboxylic acids is 1. The topological polar surface area (TPSA) is 87.7 Å². The Labute approximate surface area is 202 Å². The summed E-state index contributed by atoms with van der Waals surface area (Å²) in [5.74, 6) is -1.11. The Morgan fingerprint density at radius 2 is 1.79 bits per heavy atom. The van der Waals surface area contributed by atoms with Crippen LogP contribution in [0.1, 0.15) is 51.2 Å². The molecule has 0 spiro atoms. The maximum absolute atomic E-state index is 12.0. The number of nitrogens with one attached hydrogen (secondary N) is 2. The van der Waals surface area contributed by atoms with Gasteiger partial charge < -0.3 is 20.5 Å². The van der Waals surface area contributed by atoms with Crippen LogP contribution in [0, 0.1) is 6.92 Å². The molecule has 0 aliphatic heterocycles. The summed E-state index contributed by atoms with van der Waals surface area (Å²) in [5, 5.41) is 16.3. The Morgan fingerprint density at radius 1 is 1.09 bits per heavy atom. The van der Waals surface area contributed by atoms with Crippen LogP contribution in [0.5, 0.6) is 0 Å². The highest BCUT2D eigenvalue weighted by Gasteiger charge is 2.37. The molecule has 0 aromatic heterocycles. The summed E-state index contributed by atoms with van der Waals surface area (Å²) in [6.07, 6.45) is 3.10. The lowest BCUT2D eigenvalue weighted by atomic mass is 9.87. The minimum atomic E-state index is -0.950. The van der Waals surface area contributed by atoms with E-state index in [9.17, 15) is 14.7 Å². The van der Waals surface area contributed by atoms with E-state index in [1.165, 1.54) is 18.1 Å². The largest absolute Gasteiger partial charge is 0.478 e. The predicted molar refractivity (Wildman–Crippen MR) is 134 cm³/mol. The second-order valence-electron chi connectivity index (χ2n) is 8.91. The lowest BCUT2D eigenvalue weighted by Gasteiger charge is -2.38. The van der Waals surface area contributed by atoms with Crippen molar-refractivity contribution in [1.82, 2.24) is 10.6 Å². The van der Waals surface area contributed by atoms with Crippen LogP contribution in [-0.4, -0.2) is 41.3 Å². The number of ether oxygens (including phenoxy) is 1. The molecule has 182 valence electrons. The van der Waals surface area contributed by atoms with Crippen molar-refractivity contribution in [3.05, 3.63) is 71.3 Å². The second kappa shape index (κ2) is 12.0. The molecule has 3 atom stereocenters. The minimum absolute atomic E-state index is 0.00361. The zero-order valence-electron chi connectivity index (χ0n) is 20.5. The average molecular weight is 465 g/mol. The molecule has 1 amide bonds. The molecule has 0 radical (unpaired) electrons. The molecular formula is C28H36N2O4. The molecule has 1 aliphatic rings. The van der Waals surface area contributed by atoms with Gasteiger partial charge in [0, 0.05) is 25.1 Å². The SMILES string of the molecule is CCC(CC)O[C@@H]1C=C(C(=O)O)C[C@H](NCc2cccc(-c3ccccc3)c2C)[C@H]1NC(C)=O. The van der Waals surface area contributed by atoms with Crippen molar-refractivity contribution in [1.29, 1.82) is 0 Å². The molecule has 0 bridgehead atoms. The summed E-state index contributed by atoms with van der Waals surface area (Å²) in [7, 11) is 0. The summed E-state index contributed by atoms with van der Waals surface area (Å²) in [6.45, 7) is 8.23. The van der Waals surface area contributed by atoms with E-state index in [1.54, 1.807) is 6.08 Å². The second-order valence-corrected chi connectivity index (χ2v) is 8.91.